The van der Waals surface area contributed by atoms with Crippen LogP contribution in [0.25, 0.3) is 11.4 Å². The number of hydrogen-bond donors (Lipinski definition) is 2. The van der Waals surface area contributed by atoms with Crippen LogP contribution in [0.4, 0.5) is 5.69 Å². The smallest absolute Gasteiger partial charge is 0.255 e. The number of carbonyl (C=O) groups excluding carboxylic acids is 1. The Bertz CT molecular complexity index is 1270. The van der Waals surface area contributed by atoms with Crippen molar-refractivity contribution < 1.29 is 17.9 Å². The predicted molar refractivity (Wildman–Crippen MR) is 133 cm³/mol. The van der Waals surface area contributed by atoms with Crippen molar-refractivity contribution in [3.8, 4) is 11.4 Å². The molecule has 2 saturated heterocycles. The van der Waals surface area contributed by atoms with E-state index in [0.717, 1.165) is 43.0 Å². The number of anilines is 1. The maximum absolute atomic E-state index is 12.8. The Labute approximate surface area is 204 Å². The number of H-pyrrole nitrogens is 1. The number of aromatic amines is 1. The monoisotopic (exact) mass is 495 g/mol. The van der Waals surface area contributed by atoms with Gasteiger partial charge in [-0.05, 0) is 54.3 Å². The summed E-state index contributed by atoms with van der Waals surface area (Å²) in [5, 5.41) is 10.3. The van der Waals surface area contributed by atoms with Gasteiger partial charge in [-0.1, -0.05) is 12.1 Å². The highest BCUT2D eigenvalue weighted by Gasteiger charge is 2.22. The van der Waals surface area contributed by atoms with Gasteiger partial charge in [0.15, 0.2) is 15.7 Å². The minimum atomic E-state index is -2.91. The highest BCUT2D eigenvalue weighted by atomic mass is 32.2. The number of amides is 1. The average molecular weight is 496 g/mol. The molecule has 1 aromatic heterocycles. The van der Waals surface area contributed by atoms with Gasteiger partial charge in [0.2, 0.25) is 0 Å². The summed E-state index contributed by atoms with van der Waals surface area (Å²) >= 11 is 0. The Morgan fingerprint density at radius 2 is 1.94 bits per heavy atom. The molecule has 2 aromatic carbocycles. The Morgan fingerprint density at radius 3 is 2.69 bits per heavy atom. The first-order chi connectivity index (χ1) is 16.9. The van der Waals surface area contributed by atoms with Crippen LogP contribution in [-0.2, 0) is 27.5 Å². The minimum Gasteiger partial charge on any atom is -0.381 e. The van der Waals surface area contributed by atoms with Crippen molar-refractivity contribution in [3.05, 3.63) is 65.5 Å². The molecule has 0 saturated carbocycles. The van der Waals surface area contributed by atoms with Gasteiger partial charge in [-0.3, -0.25) is 14.8 Å². The molecule has 1 atom stereocenters. The maximum Gasteiger partial charge on any atom is 0.255 e. The normalized spacial score (nSPS) is 20.1. The number of aromatic nitrogens is 3. The molecule has 1 amide bonds. The highest BCUT2D eigenvalue weighted by molar-refractivity contribution is 7.91. The molecule has 0 radical (unpaired) electrons. The SMILES string of the molecule is O=C(Nc1ccc(-c2n[nH]c(CC3CCOC3)n2)cc1)c1cccc(CN2CCS(=O)(=O)CC2)c1. The summed E-state index contributed by atoms with van der Waals surface area (Å²) < 4.78 is 28.7. The van der Waals surface area contributed by atoms with E-state index < -0.39 is 9.84 Å². The van der Waals surface area contributed by atoms with E-state index in [9.17, 15) is 13.2 Å². The molecule has 3 aromatic rings. The van der Waals surface area contributed by atoms with Gasteiger partial charge in [0.05, 0.1) is 11.5 Å². The number of benzene rings is 2. The molecule has 184 valence electrons. The molecule has 3 heterocycles. The summed E-state index contributed by atoms with van der Waals surface area (Å²) in [6.45, 7) is 3.25. The Balaban J connectivity index is 1.18. The zero-order chi connectivity index (χ0) is 24.3. The number of nitrogens with zero attached hydrogens (tertiary/aromatic N) is 3. The first-order valence-electron chi connectivity index (χ1n) is 11.9. The molecular weight excluding hydrogens is 466 g/mol. The van der Waals surface area contributed by atoms with E-state index in [2.05, 4.69) is 25.4 Å². The van der Waals surface area contributed by atoms with Crippen molar-refractivity contribution in [2.75, 3.05) is 43.1 Å². The third-order valence-electron chi connectivity index (χ3n) is 6.47. The lowest BCUT2D eigenvalue weighted by atomic mass is 10.1. The molecule has 5 rings (SSSR count). The molecule has 9 nitrogen and oxygen atoms in total. The zero-order valence-corrected chi connectivity index (χ0v) is 20.3. The van der Waals surface area contributed by atoms with Crippen molar-refractivity contribution in [2.45, 2.75) is 19.4 Å². The molecule has 35 heavy (non-hydrogen) atoms. The second-order valence-electron chi connectivity index (χ2n) is 9.20. The molecule has 0 bridgehead atoms. The summed E-state index contributed by atoms with van der Waals surface area (Å²) in [5.74, 6) is 2.17. The lowest BCUT2D eigenvalue weighted by Gasteiger charge is -2.26. The fraction of sp³-hybridized carbons (Fsp3) is 0.400. The summed E-state index contributed by atoms with van der Waals surface area (Å²) in [6.07, 6.45) is 1.88. The van der Waals surface area contributed by atoms with Crippen molar-refractivity contribution in [1.29, 1.82) is 0 Å². The molecule has 2 N–H and O–H groups in total. The molecule has 2 aliphatic rings. The van der Waals surface area contributed by atoms with E-state index in [1.807, 2.05) is 42.5 Å². The fourth-order valence-electron chi connectivity index (χ4n) is 4.42. The first kappa shape index (κ1) is 23.7. The zero-order valence-electron chi connectivity index (χ0n) is 19.4. The van der Waals surface area contributed by atoms with E-state index >= 15 is 0 Å². The lowest BCUT2D eigenvalue weighted by molar-refractivity contribution is 0.102. The Kier molecular flexibility index (Phi) is 6.94. The van der Waals surface area contributed by atoms with Gasteiger partial charge in [-0.15, -0.1) is 0 Å². The average Bonchev–Trinajstić information content (AvgIpc) is 3.54. The highest BCUT2D eigenvalue weighted by Crippen LogP contribution is 2.21. The van der Waals surface area contributed by atoms with Crippen molar-refractivity contribution in [2.24, 2.45) is 5.92 Å². The molecule has 0 spiro atoms. The van der Waals surface area contributed by atoms with Gasteiger partial charge < -0.3 is 10.1 Å². The summed E-state index contributed by atoms with van der Waals surface area (Å²) in [4.78, 5) is 19.5. The largest absolute Gasteiger partial charge is 0.381 e. The third-order valence-corrected chi connectivity index (χ3v) is 8.08. The predicted octanol–water partition coefficient (Wildman–Crippen LogP) is 2.53. The van der Waals surface area contributed by atoms with Crippen LogP contribution in [0.1, 0.15) is 28.2 Å². The van der Waals surface area contributed by atoms with Crippen LogP contribution in [0.2, 0.25) is 0 Å². The van der Waals surface area contributed by atoms with Gasteiger partial charge in [-0.25, -0.2) is 13.4 Å². The number of carbonyl (C=O) groups is 1. The second-order valence-corrected chi connectivity index (χ2v) is 11.5. The van der Waals surface area contributed by atoms with E-state index in [1.165, 1.54) is 0 Å². The van der Waals surface area contributed by atoms with Gasteiger partial charge in [-0.2, -0.15) is 5.10 Å². The van der Waals surface area contributed by atoms with Gasteiger partial charge in [0.25, 0.3) is 5.91 Å². The second kappa shape index (κ2) is 10.3. The van der Waals surface area contributed by atoms with E-state index in [4.69, 9.17) is 4.74 Å². The number of nitrogens with one attached hydrogen (secondary N) is 2. The van der Waals surface area contributed by atoms with Crippen LogP contribution in [0.15, 0.2) is 48.5 Å². The van der Waals surface area contributed by atoms with Crippen molar-refractivity contribution in [3.63, 3.8) is 0 Å². The van der Waals surface area contributed by atoms with Gasteiger partial charge in [0.1, 0.15) is 5.82 Å². The maximum atomic E-state index is 12.8. The molecule has 0 aliphatic carbocycles. The van der Waals surface area contributed by atoms with Crippen LogP contribution in [-0.4, -0.2) is 72.2 Å². The molecule has 10 heteroatoms. The molecule has 2 aliphatic heterocycles. The third kappa shape index (κ3) is 6.14. The number of rotatable bonds is 7. The standard InChI is InChI=1S/C25H29N5O4S/c31-25(21-3-1-2-18(14-21)16-30-9-12-35(32,33)13-10-30)26-22-6-4-20(5-7-22)24-27-23(28-29-24)15-19-8-11-34-17-19/h1-7,14,19H,8-13,15-17H2,(H,26,31)(H,27,28,29). The Hall–Kier alpha value is -3.08. The van der Waals surface area contributed by atoms with E-state index in [-0.39, 0.29) is 17.4 Å². The summed E-state index contributed by atoms with van der Waals surface area (Å²) in [5.41, 5.74) is 3.10. The molecular formula is C25H29N5O4S. The molecule has 2 fully saturated rings. The van der Waals surface area contributed by atoms with Gasteiger partial charge in [0, 0.05) is 56.1 Å². The van der Waals surface area contributed by atoms with Crippen molar-refractivity contribution in [1.82, 2.24) is 20.1 Å². The van der Waals surface area contributed by atoms with Crippen LogP contribution in [0, 0.1) is 5.92 Å². The summed E-state index contributed by atoms with van der Waals surface area (Å²) in [7, 11) is -2.91. The first-order valence-corrected chi connectivity index (χ1v) is 13.7. The quantitative estimate of drug-likeness (QED) is 0.517. The topological polar surface area (TPSA) is 117 Å². The fourth-order valence-corrected chi connectivity index (χ4v) is 5.69. The van der Waals surface area contributed by atoms with Crippen molar-refractivity contribution >= 4 is 21.4 Å². The lowest BCUT2D eigenvalue weighted by Crippen LogP contribution is -2.39. The van der Waals surface area contributed by atoms with Crippen LogP contribution < -0.4 is 5.32 Å². The van der Waals surface area contributed by atoms with Gasteiger partial charge >= 0.3 is 0 Å². The molecule has 1 unspecified atom stereocenters. The summed E-state index contributed by atoms with van der Waals surface area (Å²) in [6, 6.07) is 14.9. The van der Waals surface area contributed by atoms with Crippen LogP contribution >= 0.6 is 0 Å². The van der Waals surface area contributed by atoms with E-state index in [1.54, 1.807) is 6.07 Å². The van der Waals surface area contributed by atoms with Crippen LogP contribution in [0.5, 0.6) is 0 Å². The number of sulfone groups is 1. The Morgan fingerprint density at radius 1 is 1.14 bits per heavy atom. The number of ether oxygens (including phenoxy) is 1. The van der Waals surface area contributed by atoms with Crippen LogP contribution in [0.3, 0.4) is 0 Å². The minimum absolute atomic E-state index is 0.188. The number of hydrogen-bond acceptors (Lipinski definition) is 7. The van der Waals surface area contributed by atoms with E-state index in [0.29, 0.717) is 42.6 Å².